The van der Waals surface area contributed by atoms with Crippen molar-refractivity contribution in [2.24, 2.45) is 0 Å². The molecule has 2 aliphatic rings. The van der Waals surface area contributed by atoms with E-state index in [1.807, 2.05) is 11.9 Å². The fourth-order valence-electron chi connectivity index (χ4n) is 3.92. The number of carbonyl (C=O) groups excluding carboxylic acids is 1. The first kappa shape index (κ1) is 18.3. The van der Waals surface area contributed by atoms with E-state index in [1.54, 1.807) is 13.0 Å². The highest BCUT2D eigenvalue weighted by atomic mass is 35.5. The third-order valence-electron chi connectivity index (χ3n) is 5.35. The van der Waals surface area contributed by atoms with E-state index in [2.05, 4.69) is 27.2 Å². The Morgan fingerprint density at radius 2 is 2.14 bits per heavy atom. The number of aromatic nitrogens is 3. The molecule has 1 spiro atoms. The molecular weight excluding hydrogens is 382 g/mol. The van der Waals surface area contributed by atoms with Gasteiger partial charge in [-0.25, -0.2) is 9.97 Å². The van der Waals surface area contributed by atoms with E-state index in [-0.39, 0.29) is 33.8 Å². The first-order chi connectivity index (χ1) is 13.3. The van der Waals surface area contributed by atoms with Crippen molar-refractivity contribution in [3.05, 3.63) is 51.3 Å². The van der Waals surface area contributed by atoms with E-state index in [0.29, 0.717) is 23.4 Å². The number of pyridine rings is 1. The lowest BCUT2D eigenvalue weighted by molar-refractivity contribution is 0.0887. The van der Waals surface area contributed by atoms with Crippen LogP contribution in [-0.4, -0.2) is 38.9 Å². The van der Waals surface area contributed by atoms with Gasteiger partial charge >= 0.3 is 0 Å². The summed E-state index contributed by atoms with van der Waals surface area (Å²) in [4.78, 5) is 36.0. The normalized spacial score (nSPS) is 21.0. The van der Waals surface area contributed by atoms with Gasteiger partial charge in [-0.2, -0.15) is 0 Å². The van der Waals surface area contributed by atoms with Gasteiger partial charge in [-0.3, -0.25) is 14.2 Å². The topological polar surface area (TPSA) is 118 Å². The summed E-state index contributed by atoms with van der Waals surface area (Å²) in [6.07, 6.45) is 2.65. The maximum atomic E-state index is 13.4. The minimum absolute atomic E-state index is 0.104. The number of rotatable bonds is 2. The van der Waals surface area contributed by atoms with Crippen molar-refractivity contribution in [2.75, 3.05) is 24.6 Å². The standard InChI is InChI=1S/C18H20ClN7O2/c1-9-7-11(23-15-12(19)14(20)21-8-22-15)17(28)26-13(9)16(27)24-18(26)5-4-6-25(3)10(18)2/h7-8H,2,4-6H2,1,3H3,(H,24,27)(H3,20,21,22,23)/t18-/m0/s1. The van der Waals surface area contributed by atoms with Crippen LogP contribution < -0.4 is 21.9 Å². The molecule has 2 aromatic rings. The number of nitrogens with two attached hydrogens (primary N) is 1. The maximum absolute atomic E-state index is 13.4. The van der Waals surface area contributed by atoms with Crippen LogP contribution in [0.4, 0.5) is 17.3 Å². The summed E-state index contributed by atoms with van der Waals surface area (Å²) in [5.74, 6) is 0.0341. The molecule has 4 N–H and O–H groups in total. The maximum Gasteiger partial charge on any atom is 0.277 e. The number of nitrogen functional groups attached to an aromatic ring is 1. The van der Waals surface area contributed by atoms with Gasteiger partial charge in [-0.15, -0.1) is 0 Å². The largest absolute Gasteiger partial charge is 0.382 e. The van der Waals surface area contributed by atoms with E-state index in [1.165, 1.54) is 10.9 Å². The zero-order valence-electron chi connectivity index (χ0n) is 15.5. The molecule has 0 aliphatic carbocycles. The third kappa shape index (κ3) is 2.46. The second-order valence-electron chi connectivity index (χ2n) is 7.06. The number of amides is 1. The van der Waals surface area contributed by atoms with Gasteiger partial charge in [-0.05, 0) is 31.4 Å². The van der Waals surface area contributed by atoms with Crippen LogP contribution in [0.15, 0.2) is 29.5 Å². The first-order valence-corrected chi connectivity index (χ1v) is 9.17. The van der Waals surface area contributed by atoms with Crippen LogP contribution in [0, 0.1) is 6.92 Å². The van der Waals surface area contributed by atoms with Gasteiger partial charge in [-0.1, -0.05) is 18.2 Å². The Balaban J connectivity index is 1.90. The number of nitrogens with zero attached hydrogens (tertiary/aromatic N) is 4. The molecule has 0 aromatic carbocycles. The highest BCUT2D eigenvalue weighted by molar-refractivity contribution is 6.35. The van der Waals surface area contributed by atoms with Crippen molar-refractivity contribution >= 4 is 34.8 Å². The molecule has 0 bridgehead atoms. The Morgan fingerprint density at radius 1 is 1.39 bits per heavy atom. The molecule has 0 unspecified atom stereocenters. The average Bonchev–Trinajstić information content (AvgIpc) is 2.95. The molecule has 0 radical (unpaired) electrons. The lowest BCUT2D eigenvalue weighted by atomic mass is 9.95. The number of likely N-dealkylation sites (N-methyl/N-ethyl adjacent to an activating group) is 1. The average molecular weight is 402 g/mol. The van der Waals surface area contributed by atoms with Gasteiger partial charge < -0.3 is 21.3 Å². The third-order valence-corrected chi connectivity index (χ3v) is 5.72. The van der Waals surface area contributed by atoms with Crippen molar-refractivity contribution in [3.8, 4) is 0 Å². The molecule has 9 nitrogen and oxygen atoms in total. The summed E-state index contributed by atoms with van der Waals surface area (Å²) in [5.41, 5.74) is 6.26. The Bertz CT molecular complexity index is 1080. The van der Waals surface area contributed by atoms with Crippen LogP contribution in [0.2, 0.25) is 5.02 Å². The molecule has 4 rings (SSSR count). The van der Waals surface area contributed by atoms with Gasteiger partial charge in [0.05, 0.1) is 5.70 Å². The molecule has 28 heavy (non-hydrogen) atoms. The molecule has 10 heteroatoms. The van der Waals surface area contributed by atoms with Gasteiger partial charge in [0.2, 0.25) is 0 Å². The summed E-state index contributed by atoms with van der Waals surface area (Å²) in [5, 5.41) is 6.05. The minimum Gasteiger partial charge on any atom is -0.382 e. The van der Waals surface area contributed by atoms with Crippen molar-refractivity contribution in [1.29, 1.82) is 0 Å². The second kappa shape index (κ2) is 6.23. The molecule has 1 atom stereocenters. The molecule has 1 amide bonds. The van der Waals surface area contributed by atoms with Gasteiger partial charge in [0.15, 0.2) is 11.5 Å². The summed E-state index contributed by atoms with van der Waals surface area (Å²) < 4.78 is 1.50. The lowest BCUT2D eigenvalue weighted by Crippen LogP contribution is -2.55. The minimum atomic E-state index is -0.979. The Hall–Kier alpha value is -3.07. The lowest BCUT2D eigenvalue weighted by Gasteiger charge is -2.42. The van der Waals surface area contributed by atoms with Crippen molar-refractivity contribution in [1.82, 2.24) is 24.8 Å². The van der Waals surface area contributed by atoms with Crippen molar-refractivity contribution in [3.63, 3.8) is 0 Å². The van der Waals surface area contributed by atoms with Crippen molar-refractivity contribution in [2.45, 2.75) is 25.4 Å². The van der Waals surface area contributed by atoms with E-state index >= 15 is 0 Å². The Kier molecular flexibility index (Phi) is 4.07. The molecule has 2 aromatic heterocycles. The fraction of sp³-hybridized carbons (Fsp3) is 0.333. The Morgan fingerprint density at radius 3 is 2.89 bits per heavy atom. The number of hydrogen-bond acceptors (Lipinski definition) is 7. The number of aryl methyl sites for hydroxylation is 1. The number of piperidine rings is 1. The highest BCUT2D eigenvalue weighted by Crippen LogP contribution is 2.38. The molecular formula is C18H20ClN7O2. The second-order valence-corrected chi connectivity index (χ2v) is 7.44. The summed E-state index contributed by atoms with van der Waals surface area (Å²) in [7, 11) is 1.90. The molecule has 0 saturated carbocycles. The summed E-state index contributed by atoms with van der Waals surface area (Å²) in [6.45, 7) is 6.74. The number of hydrogen-bond donors (Lipinski definition) is 3. The van der Waals surface area contributed by atoms with Crippen LogP contribution in [0.25, 0.3) is 0 Å². The van der Waals surface area contributed by atoms with Crippen LogP contribution in [0.1, 0.15) is 28.9 Å². The molecule has 4 heterocycles. The number of halogens is 1. The predicted octanol–water partition coefficient (Wildman–Crippen LogP) is 1.56. The summed E-state index contributed by atoms with van der Waals surface area (Å²) in [6, 6.07) is 1.61. The number of nitrogens with one attached hydrogen (secondary N) is 2. The smallest absolute Gasteiger partial charge is 0.277 e. The molecule has 146 valence electrons. The zero-order valence-corrected chi connectivity index (χ0v) is 16.3. The SMILES string of the molecule is C=C1N(C)CCC[C@@]12NC(=O)c1c(C)cc(Nc3ncnc(N)c3Cl)c(=O)n12. The molecule has 2 aliphatic heterocycles. The van der Waals surface area contributed by atoms with Crippen molar-refractivity contribution < 1.29 is 4.79 Å². The number of likely N-dealkylation sites (tertiary alicyclic amines) is 1. The Labute approximate surface area is 166 Å². The number of anilines is 3. The van der Waals surface area contributed by atoms with Gasteiger partial charge in [0.25, 0.3) is 11.5 Å². The molecule has 1 saturated heterocycles. The van der Waals surface area contributed by atoms with E-state index in [9.17, 15) is 9.59 Å². The first-order valence-electron chi connectivity index (χ1n) is 8.79. The zero-order chi connectivity index (χ0) is 20.2. The van der Waals surface area contributed by atoms with Crippen LogP contribution in [0.5, 0.6) is 0 Å². The highest BCUT2D eigenvalue weighted by Gasteiger charge is 2.49. The van der Waals surface area contributed by atoms with Gasteiger partial charge in [0.1, 0.15) is 28.5 Å². The van der Waals surface area contributed by atoms with E-state index < -0.39 is 5.66 Å². The van der Waals surface area contributed by atoms with Gasteiger partial charge in [0, 0.05) is 13.6 Å². The quantitative estimate of drug-likeness (QED) is 0.698. The van der Waals surface area contributed by atoms with Crippen LogP contribution in [-0.2, 0) is 5.66 Å². The number of fused-ring (bicyclic) bond motifs is 2. The molecule has 1 fully saturated rings. The monoisotopic (exact) mass is 401 g/mol. The predicted molar refractivity (Wildman–Crippen MR) is 107 cm³/mol. The van der Waals surface area contributed by atoms with E-state index in [0.717, 1.165) is 13.0 Å². The van der Waals surface area contributed by atoms with Crippen LogP contribution in [0.3, 0.4) is 0 Å². The van der Waals surface area contributed by atoms with Crippen LogP contribution >= 0.6 is 11.6 Å². The summed E-state index contributed by atoms with van der Waals surface area (Å²) >= 11 is 6.15. The number of carbonyl (C=O) groups is 1. The fourth-order valence-corrected chi connectivity index (χ4v) is 4.07. The van der Waals surface area contributed by atoms with E-state index in [4.69, 9.17) is 17.3 Å².